The molecule has 0 saturated heterocycles. The van der Waals surface area contributed by atoms with Gasteiger partial charge >= 0.3 is 0 Å². The zero-order valence-electron chi connectivity index (χ0n) is 9.05. The molecule has 2 aromatic rings. The number of carbonyl (C=O) groups is 1. The van der Waals surface area contributed by atoms with Crippen molar-refractivity contribution < 1.29 is 9.21 Å². The Hall–Kier alpha value is -1.72. The standard InChI is InChI=1S/C12H12N2O2S/c13-14-12(15)10-6-7-16-11(10)8-17-9-4-2-1-3-5-9/h1-7H,8,13H2,(H,14,15). The van der Waals surface area contributed by atoms with E-state index in [1.165, 1.54) is 6.26 Å². The molecule has 3 N–H and O–H groups in total. The molecule has 1 aromatic carbocycles. The third-order valence-corrected chi connectivity index (χ3v) is 3.25. The number of rotatable bonds is 4. The van der Waals surface area contributed by atoms with E-state index >= 15 is 0 Å². The lowest BCUT2D eigenvalue weighted by molar-refractivity contribution is 0.0952. The predicted octanol–water partition coefficient (Wildman–Crippen LogP) is 2.18. The van der Waals surface area contributed by atoms with Crippen LogP contribution in [0.4, 0.5) is 0 Å². The lowest BCUT2D eigenvalue weighted by Gasteiger charge is -2.01. The van der Waals surface area contributed by atoms with Gasteiger partial charge in [0.25, 0.3) is 5.91 Å². The number of nitrogen functional groups attached to an aromatic ring is 1. The van der Waals surface area contributed by atoms with Gasteiger partial charge in [-0.2, -0.15) is 0 Å². The fourth-order valence-electron chi connectivity index (χ4n) is 1.40. The van der Waals surface area contributed by atoms with Gasteiger partial charge in [0.05, 0.1) is 17.6 Å². The Morgan fingerprint density at radius 1 is 1.29 bits per heavy atom. The molecule has 88 valence electrons. The maximum Gasteiger partial charge on any atom is 0.268 e. The lowest BCUT2D eigenvalue weighted by atomic mass is 10.2. The molecule has 1 heterocycles. The SMILES string of the molecule is NNC(=O)c1ccoc1CSc1ccccc1. The third kappa shape index (κ3) is 2.89. The van der Waals surface area contributed by atoms with Gasteiger partial charge in [0.15, 0.2) is 0 Å². The third-order valence-electron chi connectivity index (χ3n) is 2.23. The topological polar surface area (TPSA) is 68.3 Å². The second-order valence-electron chi connectivity index (χ2n) is 3.33. The molecule has 2 rings (SSSR count). The van der Waals surface area contributed by atoms with Crippen molar-refractivity contribution in [3.63, 3.8) is 0 Å². The second kappa shape index (κ2) is 5.56. The van der Waals surface area contributed by atoms with Crippen molar-refractivity contribution in [3.05, 3.63) is 54.0 Å². The number of nitrogens with two attached hydrogens (primary N) is 1. The van der Waals surface area contributed by atoms with E-state index in [0.29, 0.717) is 17.1 Å². The molecule has 0 unspecified atom stereocenters. The molecule has 4 nitrogen and oxygen atoms in total. The van der Waals surface area contributed by atoms with E-state index < -0.39 is 0 Å². The van der Waals surface area contributed by atoms with Crippen LogP contribution in [0.15, 0.2) is 52.0 Å². The van der Waals surface area contributed by atoms with Crippen molar-refractivity contribution in [1.29, 1.82) is 0 Å². The average Bonchev–Trinajstić information content (AvgIpc) is 2.85. The molecule has 5 heteroatoms. The molecule has 0 fully saturated rings. The summed E-state index contributed by atoms with van der Waals surface area (Å²) < 4.78 is 5.27. The molecule has 0 atom stereocenters. The first-order chi connectivity index (χ1) is 8.31. The van der Waals surface area contributed by atoms with E-state index in [4.69, 9.17) is 10.3 Å². The minimum atomic E-state index is -0.331. The molecule has 0 bridgehead atoms. The molecule has 0 saturated carbocycles. The minimum absolute atomic E-state index is 0.331. The Morgan fingerprint density at radius 2 is 2.06 bits per heavy atom. The summed E-state index contributed by atoms with van der Waals surface area (Å²) in [5.74, 6) is 5.98. The van der Waals surface area contributed by atoms with Crippen molar-refractivity contribution in [3.8, 4) is 0 Å². The molecular weight excluding hydrogens is 236 g/mol. The molecule has 0 spiro atoms. The van der Waals surface area contributed by atoms with Gasteiger partial charge in [0, 0.05) is 4.90 Å². The highest BCUT2D eigenvalue weighted by atomic mass is 32.2. The molecule has 0 aliphatic carbocycles. The molecule has 17 heavy (non-hydrogen) atoms. The van der Waals surface area contributed by atoms with Gasteiger partial charge in [-0.05, 0) is 18.2 Å². The van der Waals surface area contributed by atoms with Gasteiger partial charge in [0.1, 0.15) is 5.76 Å². The fourth-order valence-corrected chi connectivity index (χ4v) is 2.27. The van der Waals surface area contributed by atoms with Crippen molar-refractivity contribution in [2.45, 2.75) is 10.6 Å². The van der Waals surface area contributed by atoms with Crippen LogP contribution in [0.2, 0.25) is 0 Å². The largest absolute Gasteiger partial charge is 0.468 e. The molecule has 0 aliphatic rings. The summed E-state index contributed by atoms with van der Waals surface area (Å²) in [6, 6.07) is 11.5. The molecule has 0 radical (unpaired) electrons. The summed E-state index contributed by atoms with van der Waals surface area (Å²) >= 11 is 1.61. The summed E-state index contributed by atoms with van der Waals surface area (Å²) in [5.41, 5.74) is 2.58. The van der Waals surface area contributed by atoms with Gasteiger partial charge in [-0.15, -0.1) is 11.8 Å². The Morgan fingerprint density at radius 3 is 2.76 bits per heavy atom. The maximum absolute atomic E-state index is 11.4. The van der Waals surface area contributed by atoms with Crippen LogP contribution < -0.4 is 11.3 Å². The Kier molecular flexibility index (Phi) is 3.85. The number of benzene rings is 1. The maximum atomic E-state index is 11.4. The lowest BCUT2D eigenvalue weighted by Crippen LogP contribution is -2.30. The van der Waals surface area contributed by atoms with E-state index in [2.05, 4.69) is 5.43 Å². The predicted molar refractivity (Wildman–Crippen MR) is 66.4 cm³/mol. The number of nitrogens with one attached hydrogen (secondary N) is 1. The van der Waals surface area contributed by atoms with Crippen LogP contribution in [0.3, 0.4) is 0 Å². The summed E-state index contributed by atoms with van der Waals surface area (Å²) in [7, 11) is 0. The number of amides is 1. The first kappa shape index (κ1) is 11.8. The van der Waals surface area contributed by atoms with E-state index in [-0.39, 0.29) is 5.91 Å². The first-order valence-corrected chi connectivity index (χ1v) is 6.05. The Balaban J connectivity index is 2.05. The highest BCUT2D eigenvalue weighted by Gasteiger charge is 2.13. The van der Waals surface area contributed by atoms with E-state index in [1.54, 1.807) is 17.8 Å². The van der Waals surface area contributed by atoms with Gasteiger partial charge in [0.2, 0.25) is 0 Å². The van der Waals surface area contributed by atoms with Crippen molar-refractivity contribution in [1.82, 2.24) is 5.43 Å². The summed E-state index contributed by atoms with van der Waals surface area (Å²) in [6.07, 6.45) is 1.49. The van der Waals surface area contributed by atoms with Gasteiger partial charge < -0.3 is 4.42 Å². The number of carbonyl (C=O) groups excluding carboxylic acids is 1. The fraction of sp³-hybridized carbons (Fsp3) is 0.0833. The summed E-state index contributed by atoms with van der Waals surface area (Å²) in [4.78, 5) is 12.5. The summed E-state index contributed by atoms with van der Waals surface area (Å²) in [6.45, 7) is 0. The monoisotopic (exact) mass is 248 g/mol. The molecule has 1 amide bonds. The van der Waals surface area contributed by atoms with Crippen LogP contribution in [0.1, 0.15) is 16.1 Å². The van der Waals surface area contributed by atoms with Crippen molar-refractivity contribution >= 4 is 17.7 Å². The number of hydrazine groups is 1. The zero-order chi connectivity index (χ0) is 12.1. The van der Waals surface area contributed by atoms with Crippen molar-refractivity contribution in [2.75, 3.05) is 0 Å². The van der Waals surface area contributed by atoms with Crippen LogP contribution in [0.25, 0.3) is 0 Å². The zero-order valence-corrected chi connectivity index (χ0v) is 9.87. The average molecular weight is 248 g/mol. The number of hydrogen-bond acceptors (Lipinski definition) is 4. The highest BCUT2D eigenvalue weighted by Crippen LogP contribution is 2.24. The minimum Gasteiger partial charge on any atom is -0.468 e. The van der Waals surface area contributed by atoms with Crippen LogP contribution in [0.5, 0.6) is 0 Å². The van der Waals surface area contributed by atoms with Gasteiger partial charge in [-0.1, -0.05) is 18.2 Å². The van der Waals surface area contributed by atoms with Crippen LogP contribution in [-0.4, -0.2) is 5.91 Å². The molecule has 1 aromatic heterocycles. The first-order valence-electron chi connectivity index (χ1n) is 5.06. The van der Waals surface area contributed by atoms with Crippen LogP contribution >= 0.6 is 11.8 Å². The number of thioether (sulfide) groups is 1. The normalized spacial score (nSPS) is 10.2. The molecule has 0 aliphatic heterocycles. The van der Waals surface area contributed by atoms with Crippen LogP contribution in [0, 0.1) is 0 Å². The second-order valence-corrected chi connectivity index (χ2v) is 4.38. The van der Waals surface area contributed by atoms with E-state index in [1.807, 2.05) is 30.3 Å². The quantitative estimate of drug-likeness (QED) is 0.376. The van der Waals surface area contributed by atoms with E-state index in [0.717, 1.165) is 4.90 Å². The van der Waals surface area contributed by atoms with E-state index in [9.17, 15) is 4.79 Å². The van der Waals surface area contributed by atoms with Gasteiger partial charge in [-0.25, -0.2) is 5.84 Å². The number of furan rings is 1. The Bertz CT molecular complexity index is 496. The smallest absolute Gasteiger partial charge is 0.268 e. The van der Waals surface area contributed by atoms with Crippen LogP contribution in [-0.2, 0) is 5.75 Å². The Labute approximate surface area is 103 Å². The van der Waals surface area contributed by atoms with Crippen molar-refractivity contribution in [2.24, 2.45) is 5.84 Å². The highest BCUT2D eigenvalue weighted by molar-refractivity contribution is 7.98. The number of hydrogen-bond donors (Lipinski definition) is 2. The molecular formula is C12H12N2O2S. The van der Waals surface area contributed by atoms with Gasteiger partial charge in [-0.3, -0.25) is 10.2 Å². The summed E-state index contributed by atoms with van der Waals surface area (Å²) in [5, 5.41) is 0.